The van der Waals surface area contributed by atoms with E-state index in [4.69, 9.17) is 20.8 Å². The van der Waals surface area contributed by atoms with Crippen LogP contribution in [0.1, 0.15) is 16.1 Å². The predicted molar refractivity (Wildman–Crippen MR) is 66.2 cm³/mol. The fourth-order valence-corrected chi connectivity index (χ4v) is 1.60. The van der Waals surface area contributed by atoms with E-state index < -0.39 is 5.97 Å². The van der Waals surface area contributed by atoms with Crippen molar-refractivity contribution in [3.63, 3.8) is 0 Å². The highest BCUT2D eigenvalue weighted by atomic mass is 16.5. The van der Waals surface area contributed by atoms with Gasteiger partial charge in [0, 0.05) is 6.07 Å². The number of carboxylic acid groups (broad SMARTS) is 1. The van der Waals surface area contributed by atoms with E-state index in [9.17, 15) is 4.79 Å². The molecule has 0 radical (unpaired) electrons. The molecule has 3 N–H and O–H groups in total. The number of nitrogen functional groups attached to an aromatic ring is 1. The molecule has 1 aromatic heterocycles. The van der Waals surface area contributed by atoms with Crippen molar-refractivity contribution < 1.29 is 14.6 Å². The van der Waals surface area contributed by atoms with Gasteiger partial charge in [0.25, 0.3) is 0 Å². The molecule has 2 rings (SSSR count). The summed E-state index contributed by atoms with van der Waals surface area (Å²) in [4.78, 5) is 10.9. The summed E-state index contributed by atoms with van der Waals surface area (Å²) in [7, 11) is 1.49. The lowest BCUT2D eigenvalue weighted by molar-refractivity contribution is 0.0691. The first kappa shape index (κ1) is 12.4. The van der Waals surface area contributed by atoms with Crippen LogP contribution in [0, 0.1) is 11.3 Å². The first-order chi connectivity index (χ1) is 9.06. The van der Waals surface area contributed by atoms with Crippen molar-refractivity contribution in [3.05, 3.63) is 35.7 Å². The van der Waals surface area contributed by atoms with Crippen LogP contribution in [0.2, 0.25) is 0 Å². The highest BCUT2D eigenvalue weighted by molar-refractivity contribution is 5.91. The molecule has 19 heavy (non-hydrogen) atoms. The number of hydrogen-bond donors (Lipinski definition) is 2. The molecule has 96 valence electrons. The molecule has 1 heterocycles. The Morgan fingerprint density at radius 1 is 1.58 bits per heavy atom. The average Bonchev–Trinajstić information content (AvgIpc) is 2.80. The van der Waals surface area contributed by atoms with E-state index in [1.807, 2.05) is 6.07 Å². The molecule has 0 atom stereocenters. The molecule has 0 aliphatic carbocycles. The van der Waals surface area contributed by atoms with Gasteiger partial charge in [-0.1, -0.05) is 0 Å². The molecule has 0 fully saturated rings. The Kier molecular flexibility index (Phi) is 3.08. The summed E-state index contributed by atoms with van der Waals surface area (Å²) in [5, 5.41) is 21.8. The summed E-state index contributed by atoms with van der Waals surface area (Å²) in [6.45, 7) is 0. The Balaban J connectivity index is 2.61. The number of aromatic carboxylic acids is 1. The summed E-state index contributed by atoms with van der Waals surface area (Å²) in [5.41, 5.74) is 6.07. The van der Waals surface area contributed by atoms with Crippen LogP contribution in [0.4, 0.5) is 5.69 Å². The van der Waals surface area contributed by atoms with Crippen LogP contribution in [-0.2, 0) is 0 Å². The number of aromatic nitrogens is 2. The predicted octanol–water partition coefficient (Wildman–Crippen LogP) is 1.03. The molecule has 0 amide bonds. The summed E-state index contributed by atoms with van der Waals surface area (Å²) in [5.74, 6) is -0.697. The van der Waals surface area contributed by atoms with Gasteiger partial charge in [-0.2, -0.15) is 10.4 Å². The second kappa shape index (κ2) is 4.70. The van der Waals surface area contributed by atoms with E-state index >= 15 is 0 Å². The average molecular weight is 258 g/mol. The van der Waals surface area contributed by atoms with Crippen molar-refractivity contribution in [1.82, 2.24) is 9.78 Å². The van der Waals surface area contributed by atoms with Crippen molar-refractivity contribution in [2.45, 2.75) is 0 Å². The van der Waals surface area contributed by atoms with Gasteiger partial charge in [0.1, 0.15) is 11.8 Å². The van der Waals surface area contributed by atoms with Gasteiger partial charge in [-0.05, 0) is 12.1 Å². The van der Waals surface area contributed by atoms with Gasteiger partial charge in [-0.3, -0.25) is 0 Å². The Morgan fingerprint density at radius 2 is 2.32 bits per heavy atom. The molecule has 0 unspecified atom stereocenters. The normalized spacial score (nSPS) is 9.89. The summed E-state index contributed by atoms with van der Waals surface area (Å²) >= 11 is 0. The number of nitrogens with zero attached hydrogens (tertiary/aromatic N) is 3. The van der Waals surface area contributed by atoms with Crippen LogP contribution in [0.15, 0.2) is 24.4 Å². The zero-order chi connectivity index (χ0) is 14.0. The Hall–Kier alpha value is -3.01. The van der Waals surface area contributed by atoms with Crippen molar-refractivity contribution in [2.75, 3.05) is 12.8 Å². The maximum atomic E-state index is 10.9. The molecule has 7 heteroatoms. The second-order valence-corrected chi connectivity index (χ2v) is 3.68. The first-order valence-corrected chi connectivity index (χ1v) is 5.23. The van der Waals surface area contributed by atoms with Crippen molar-refractivity contribution >= 4 is 11.7 Å². The molecule has 0 saturated carbocycles. The third-order valence-corrected chi connectivity index (χ3v) is 2.52. The number of nitriles is 1. The Labute approximate surface area is 108 Å². The van der Waals surface area contributed by atoms with Crippen molar-refractivity contribution in [3.8, 4) is 17.5 Å². The number of hydrogen-bond acceptors (Lipinski definition) is 5. The van der Waals surface area contributed by atoms with Crippen LogP contribution in [0.3, 0.4) is 0 Å². The van der Waals surface area contributed by atoms with Gasteiger partial charge < -0.3 is 15.6 Å². The number of methoxy groups -OCH3 is 1. The minimum Gasteiger partial charge on any atom is -0.497 e. The summed E-state index contributed by atoms with van der Waals surface area (Å²) < 4.78 is 6.31. The third-order valence-electron chi connectivity index (χ3n) is 2.52. The first-order valence-electron chi connectivity index (χ1n) is 5.23. The van der Waals surface area contributed by atoms with Crippen LogP contribution in [-0.4, -0.2) is 28.0 Å². The smallest absolute Gasteiger partial charge is 0.358 e. The van der Waals surface area contributed by atoms with Crippen LogP contribution < -0.4 is 10.5 Å². The Bertz CT molecular complexity index is 685. The fraction of sp³-hybridized carbons (Fsp3) is 0.0833. The molecular weight excluding hydrogens is 248 g/mol. The quantitative estimate of drug-likeness (QED) is 0.849. The lowest BCUT2D eigenvalue weighted by atomic mass is 10.2. The standard InChI is InChI=1S/C12H10N4O3/c1-19-8-3-2-7(5-13)10(4-8)16-6-9(14)11(15-16)12(17)18/h2-4,6H,14H2,1H3,(H,17,18). The van der Waals surface area contributed by atoms with E-state index in [0.717, 1.165) is 0 Å². The van der Waals surface area contributed by atoms with Gasteiger partial charge in [0.05, 0.1) is 30.2 Å². The zero-order valence-corrected chi connectivity index (χ0v) is 9.99. The van der Waals surface area contributed by atoms with Gasteiger partial charge >= 0.3 is 5.97 Å². The topological polar surface area (TPSA) is 114 Å². The van der Waals surface area contributed by atoms with E-state index in [1.165, 1.54) is 18.0 Å². The maximum Gasteiger partial charge on any atom is 0.358 e. The number of ether oxygens (including phenoxy) is 1. The SMILES string of the molecule is COc1ccc(C#N)c(-n2cc(N)c(C(=O)O)n2)c1. The fourth-order valence-electron chi connectivity index (χ4n) is 1.60. The highest BCUT2D eigenvalue weighted by Gasteiger charge is 2.16. The maximum absolute atomic E-state index is 10.9. The lowest BCUT2D eigenvalue weighted by Gasteiger charge is -2.06. The van der Waals surface area contributed by atoms with E-state index in [1.54, 1.807) is 18.2 Å². The second-order valence-electron chi connectivity index (χ2n) is 3.68. The van der Waals surface area contributed by atoms with Crippen LogP contribution in [0.25, 0.3) is 5.69 Å². The van der Waals surface area contributed by atoms with Gasteiger partial charge in [-0.15, -0.1) is 0 Å². The number of carbonyl (C=O) groups is 1. The number of rotatable bonds is 3. The summed E-state index contributed by atoms with van der Waals surface area (Å²) in [6.07, 6.45) is 1.35. The van der Waals surface area contributed by atoms with Gasteiger partial charge in [-0.25, -0.2) is 9.48 Å². The Morgan fingerprint density at radius 3 is 2.84 bits per heavy atom. The minimum atomic E-state index is -1.22. The van der Waals surface area contributed by atoms with Crippen LogP contribution >= 0.6 is 0 Å². The number of nitrogens with two attached hydrogens (primary N) is 1. The minimum absolute atomic E-state index is 0.0270. The van der Waals surface area contributed by atoms with E-state index in [2.05, 4.69) is 5.10 Å². The monoisotopic (exact) mass is 258 g/mol. The number of benzene rings is 1. The van der Waals surface area contributed by atoms with E-state index in [-0.39, 0.29) is 11.4 Å². The number of anilines is 1. The van der Waals surface area contributed by atoms with Gasteiger partial charge in [0.2, 0.25) is 0 Å². The molecule has 7 nitrogen and oxygen atoms in total. The molecular formula is C12H10N4O3. The highest BCUT2D eigenvalue weighted by Crippen LogP contribution is 2.22. The van der Waals surface area contributed by atoms with Crippen LogP contribution in [0.5, 0.6) is 5.75 Å². The molecule has 1 aromatic carbocycles. The third kappa shape index (κ3) is 2.19. The molecule has 0 aliphatic rings. The largest absolute Gasteiger partial charge is 0.497 e. The zero-order valence-electron chi connectivity index (χ0n) is 9.99. The van der Waals surface area contributed by atoms with Crippen molar-refractivity contribution in [1.29, 1.82) is 5.26 Å². The van der Waals surface area contributed by atoms with E-state index in [0.29, 0.717) is 17.0 Å². The number of carboxylic acids is 1. The molecule has 0 spiro atoms. The van der Waals surface area contributed by atoms with Crippen molar-refractivity contribution in [2.24, 2.45) is 0 Å². The summed E-state index contributed by atoms with van der Waals surface area (Å²) in [6, 6.07) is 6.77. The molecule has 2 aromatic rings. The molecule has 0 saturated heterocycles. The molecule has 0 bridgehead atoms. The lowest BCUT2D eigenvalue weighted by Crippen LogP contribution is -2.03. The molecule has 0 aliphatic heterocycles. The van der Waals surface area contributed by atoms with Gasteiger partial charge in [0.15, 0.2) is 5.69 Å².